The lowest BCUT2D eigenvalue weighted by atomic mass is 9.87. The van der Waals surface area contributed by atoms with E-state index >= 15 is 0 Å². The van der Waals surface area contributed by atoms with Gasteiger partial charge in [0.25, 0.3) is 0 Å². The van der Waals surface area contributed by atoms with Gasteiger partial charge < -0.3 is 16.0 Å². The summed E-state index contributed by atoms with van der Waals surface area (Å²) in [6.07, 6.45) is 2.05. The van der Waals surface area contributed by atoms with Gasteiger partial charge in [-0.2, -0.15) is 0 Å². The van der Waals surface area contributed by atoms with E-state index in [1.54, 1.807) is 0 Å². The molecule has 3 rings (SSSR count). The van der Waals surface area contributed by atoms with E-state index < -0.39 is 0 Å². The summed E-state index contributed by atoms with van der Waals surface area (Å²) in [4.78, 5) is 16.7. The molecule has 3 N–H and O–H groups in total. The van der Waals surface area contributed by atoms with Gasteiger partial charge in [0.1, 0.15) is 0 Å². The van der Waals surface area contributed by atoms with Gasteiger partial charge in [-0.1, -0.05) is 12.1 Å². The lowest BCUT2D eigenvalue weighted by Gasteiger charge is -2.37. The van der Waals surface area contributed by atoms with Gasteiger partial charge >= 0.3 is 0 Å². The Morgan fingerprint density at radius 3 is 2.64 bits per heavy atom. The van der Waals surface area contributed by atoms with E-state index in [1.165, 1.54) is 11.3 Å². The first-order valence-corrected chi connectivity index (χ1v) is 8.21. The monoisotopic (exact) mass is 302 g/mol. The van der Waals surface area contributed by atoms with Crippen molar-refractivity contribution in [2.75, 3.05) is 37.6 Å². The van der Waals surface area contributed by atoms with Gasteiger partial charge in [-0.3, -0.25) is 9.69 Å². The van der Waals surface area contributed by atoms with Gasteiger partial charge in [0.05, 0.1) is 6.54 Å². The quantitative estimate of drug-likeness (QED) is 0.860. The standard InChI is InChI=1S/C17H26N4O/c1-13-3-2-4-14(11-13)21-9-7-20(8-10-21)12-17(22)19-16-6-5-15(16)18/h2-4,11,15-16H,5-10,12,18H2,1H3,(H,19,22)/t15-,16+/m1/s1. The van der Waals surface area contributed by atoms with Crippen LogP contribution in [0.5, 0.6) is 0 Å². The Bertz CT molecular complexity index is 525. The zero-order chi connectivity index (χ0) is 15.5. The molecule has 2 aliphatic rings. The highest BCUT2D eigenvalue weighted by Gasteiger charge is 2.29. The maximum Gasteiger partial charge on any atom is 0.234 e. The summed E-state index contributed by atoms with van der Waals surface area (Å²) in [5.41, 5.74) is 8.43. The van der Waals surface area contributed by atoms with E-state index in [-0.39, 0.29) is 18.0 Å². The maximum absolute atomic E-state index is 12.0. The van der Waals surface area contributed by atoms with E-state index in [1.807, 2.05) is 0 Å². The zero-order valence-electron chi connectivity index (χ0n) is 13.3. The van der Waals surface area contributed by atoms with Gasteiger partial charge in [0.15, 0.2) is 0 Å². The largest absolute Gasteiger partial charge is 0.369 e. The molecule has 120 valence electrons. The summed E-state index contributed by atoms with van der Waals surface area (Å²) in [5.74, 6) is 0.115. The Balaban J connectivity index is 1.44. The number of piperazine rings is 1. The van der Waals surface area contributed by atoms with Crippen LogP contribution in [0.2, 0.25) is 0 Å². The SMILES string of the molecule is Cc1cccc(N2CCN(CC(=O)N[C@H]3CC[C@H]3N)CC2)c1. The van der Waals surface area contributed by atoms with Gasteiger partial charge in [0.2, 0.25) is 5.91 Å². The molecule has 1 aromatic rings. The van der Waals surface area contributed by atoms with Crippen molar-refractivity contribution in [3.05, 3.63) is 29.8 Å². The van der Waals surface area contributed by atoms with Crippen LogP contribution in [0.15, 0.2) is 24.3 Å². The first-order valence-electron chi connectivity index (χ1n) is 8.21. The van der Waals surface area contributed by atoms with Gasteiger partial charge in [-0.05, 0) is 37.5 Å². The fourth-order valence-corrected chi connectivity index (χ4v) is 3.15. The number of hydrogen-bond donors (Lipinski definition) is 2. The maximum atomic E-state index is 12.0. The normalized spacial score (nSPS) is 25.6. The smallest absolute Gasteiger partial charge is 0.234 e. The minimum absolute atomic E-state index is 0.115. The zero-order valence-corrected chi connectivity index (χ0v) is 13.3. The number of aryl methyl sites for hydroxylation is 1. The number of hydrogen-bond acceptors (Lipinski definition) is 4. The highest BCUT2D eigenvalue weighted by Crippen LogP contribution is 2.18. The van der Waals surface area contributed by atoms with Crippen molar-refractivity contribution >= 4 is 11.6 Å². The van der Waals surface area contributed by atoms with Crippen molar-refractivity contribution in [2.45, 2.75) is 31.8 Å². The van der Waals surface area contributed by atoms with Gasteiger partial charge in [-0.15, -0.1) is 0 Å². The van der Waals surface area contributed by atoms with Gasteiger partial charge in [0, 0.05) is 44.0 Å². The number of anilines is 1. The Morgan fingerprint density at radius 1 is 1.27 bits per heavy atom. The van der Waals surface area contributed by atoms with Crippen molar-refractivity contribution in [3.63, 3.8) is 0 Å². The van der Waals surface area contributed by atoms with Crippen LogP contribution in [0.25, 0.3) is 0 Å². The molecule has 1 heterocycles. The molecular formula is C17H26N4O. The number of benzene rings is 1. The number of carbonyl (C=O) groups excluding carboxylic acids is 1. The first-order chi connectivity index (χ1) is 10.6. The van der Waals surface area contributed by atoms with Gasteiger partial charge in [-0.25, -0.2) is 0 Å². The number of nitrogens with zero attached hydrogens (tertiary/aromatic N) is 2. The highest BCUT2D eigenvalue weighted by atomic mass is 16.2. The van der Waals surface area contributed by atoms with Crippen molar-refractivity contribution in [1.29, 1.82) is 0 Å². The molecule has 0 unspecified atom stereocenters. The predicted octanol–water partition coefficient (Wildman–Crippen LogP) is 0.723. The van der Waals surface area contributed by atoms with E-state index in [4.69, 9.17) is 5.73 Å². The third-order valence-corrected chi connectivity index (χ3v) is 4.78. The second kappa shape index (κ2) is 6.67. The topological polar surface area (TPSA) is 61.6 Å². The van der Waals surface area contributed by atoms with E-state index in [2.05, 4.69) is 46.3 Å². The van der Waals surface area contributed by atoms with Crippen LogP contribution in [0.4, 0.5) is 5.69 Å². The minimum Gasteiger partial charge on any atom is -0.369 e. The lowest BCUT2D eigenvalue weighted by Crippen LogP contribution is -2.57. The highest BCUT2D eigenvalue weighted by molar-refractivity contribution is 5.78. The van der Waals surface area contributed by atoms with Crippen molar-refractivity contribution in [1.82, 2.24) is 10.2 Å². The second-order valence-electron chi connectivity index (χ2n) is 6.52. The van der Waals surface area contributed by atoms with Crippen LogP contribution in [-0.4, -0.2) is 55.6 Å². The summed E-state index contributed by atoms with van der Waals surface area (Å²) in [6.45, 7) is 6.41. The number of rotatable bonds is 4. The Labute approximate surface area is 132 Å². The van der Waals surface area contributed by atoms with E-state index in [0.717, 1.165) is 39.0 Å². The first kappa shape index (κ1) is 15.3. The average Bonchev–Trinajstić information content (AvgIpc) is 2.52. The van der Waals surface area contributed by atoms with Crippen molar-refractivity contribution in [3.8, 4) is 0 Å². The number of nitrogens with two attached hydrogens (primary N) is 1. The molecular weight excluding hydrogens is 276 g/mol. The Morgan fingerprint density at radius 2 is 2.05 bits per heavy atom. The van der Waals surface area contributed by atoms with Crippen LogP contribution in [0.3, 0.4) is 0 Å². The number of carbonyl (C=O) groups is 1. The fraction of sp³-hybridized carbons (Fsp3) is 0.588. The summed E-state index contributed by atoms with van der Waals surface area (Å²) < 4.78 is 0. The van der Waals surface area contributed by atoms with Crippen LogP contribution in [0, 0.1) is 6.92 Å². The number of amides is 1. The molecule has 1 saturated heterocycles. The molecule has 1 saturated carbocycles. The predicted molar refractivity (Wildman–Crippen MR) is 89.0 cm³/mol. The summed E-state index contributed by atoms with van der Waals surface area (Å²) in [5, 5.41) is 3.04. The fourth-order valence-electron chi connectivity index (χ4n) is 3.15. The molecule has 1 aromatic carbocycles. The van der Waals surface area contributed by atoms with E-state index in [0.29, 0.717) is 6.54 Å². The molecule has 5 heteroatoms. The second-order valence-corrected chi connectivity index (χ2v) is 6.52. The molecule has 1 aliphatic heterocycles. The Kier molecular flexibility index (Phi) is 4.64. The molecule has 2 atom stereocenters. The Hall–Kier alpha value is -1.59. The molecule has 0 radical (unpaired) electrons. The molecule has 2 fully saturated rings. The summed E-state index contributed by atoms with van der Waals surface area (Å²) >= 11 is 0. The van der Waals surface area contributed by atoms with Crippen LogP contribution >= 0.6 is 0 Å². The summed E-state index contributed by atoms with van der Waals surface area (Å²) in [7, 11) is 0. The molecule has 0 spiro atoms. The molecule has 1 amide bonds. The summed E-state index contributed by atoms with van der Waals surface area (Å²) in [6, 6.07) is 8.96. The average molecular weight is 302 g/mol. The molecule has 1 aliphatic carbocycles. The molecule has 5 nitrogen and oxygen atoms in total. The molecule has 22 heavy (non-hydrogen) atoms. The third-order valence-electron chi connectivity index (χ3n) is 4.78. The number of nitrogens with one attached hydrogen (secondary N) is 1. The third kappa shape index (κ3) is 3.59. The lowest BCUT2D eigenvalue weighted by molar-refractivity contribution is -0.123. The minimum atomic E-state index is 0.115. The van der Waals surface area contributed by atoms with Crippen molar-refractivity contribution in [2.24, 2.45) is 5.73 Å². The van der Waals surface area contributed by atoms with Crippen LogP contribution < -0.4 is 16.0 Å². The van der Waals surface area contributed by atoms with Crippen LogP contribution in [0.1, 0.15) is 18.4 Å². The van der Waals surface area contributed by atoms with E-state index in [9.17, 15) is 4.79 Å². The van der Waals surface area contributed by atoms with Crippen LogP contribution in [-0.2, 0) is 4.79 Å². The van der Waals surface area contributed by atoms with Crippen molar-refractivity contribution < 1.29 is 4.79 Å². The molecule has 0 aromatic heterocycles. The molecule has 0 bridgehead atoms.